The van der Waals surface area contributed by atoms with Crippen molar-refractivity contribution < 1.29 is 21.1 Å². The van der Waals surface area contributed by atoms with Gasteiger partial charge in [0, 0.05) is 11.9 Å². The molecule has 4 aromatic heterocycles. The molecule has 0 spiro atoms. The first-order valence-corrected chi connectivity index (χ1v) is 15.7. The quantitative estimate of drug-likeness (QED) is 0.179. The summed E-state index contributed by atoms with van der Waals surface area (Å²) >= 11 is 0. The van der Waals surface area contributed by atoms with E-state index in [0.29, 0.717) is 0 Å². The molecular formula is C41H31N5Pt. The number of aromatic nitrogens is 5. The van der Waals surface area contributed by atoms with Crippen molar-refractivity contribution in [1.29, 1.82) is 0 Å². The van der Waals surface area contributed by atoms with E-state index in [2.05, 4.69) is 138 Å². The molecule has 4 heterocycles. The van der Waals surface area contributed by atoms with Crippen LogP contribution in [0.25, 0.3) is 44.3 Å². The van der Waals surface area contributed by atoms with E-state index in [1.807, 2.05) is 30.5 Å². The Morgan fingerprint density at radius 1 is 0.617 bits per heavy atom. The molecule has 0 fully saturated rings. The van der Waals surface area contributed by atoms with Gasteiger partial charge in [0.05, 0.1) is 17.1 Å². The molecule has 9 rings (SSSR count). The molecule has 5 nitrogen and oxygen atoms in total. The van der Waals surface area contributed by atoms with Crippen LogP contribution in [-0.4, -0.2) is 15.1 Å². The van der Waals surface area contributed by atoms with Gasteiger partial charge in [-0.25, -0.2) is 0 Å². The summed E-state index contributed by atoms with van der Waals surface area (Å²) in [7, 11) is 0. The van der Waals surface area contributed by atoms with Crippen molar-refractivity contribution in [3.8, 4) is 22.5 Å². The van der Waals surface area contributed by atoms with Gasteiger partial charge in [0.1, 0.15) is 5.41 Å². The molecular weight excluding hydrogens is 758 g/mol. The van der Waals surface area contributed by atoms with E-state index in [-0.39, 0.29) is 21.1 Å². The molecule has 1 aliphatic carbocycles. The number of nitrogens with zero attached hydrogens (tertiary/aromatic N) is 5. The van der Waals surface area contributed by atoms with Crippen molar-refractivity contribution in [2.75, 3.05) is 0 Å². The Bertz CT molecular complexity index is 2240. The minimum Gasteiger partial charge on any atom is -0.657 e. The van der Waals surface area contributed by atoms with E-state index in [9.17, 15) is 0 Å². The van der Waals surface area contributed by atoms with Gasteiger partial charge < -0.3 is 15.2 Å². The third-order valence-electron chi connectivity index (χ3n) is 9.11. The molecule has 0 radical (unpaired) electrons. The molecule has 0 atom stereocenters. The van der Waals surface area contributed by atoms with Crippen molar-refractivity contribution in [1.82, 2.24) is 25.1 Å². The average molecular weight is 789 g/mol. The fourth-order valence-electron chi connectivity index (χ4n) is 6.98. The summed E-state index contributed by atoms with van der Waals surface area (Å²) in [6, 6.07) is 46.0. The van der Waals surface area contributed by atoms with E-state index in [0.717, 1.165) is 51.5 Å². The topological polar surface area (TPSA) is 66.9 Å². The molecule has 0 saturated heterocycles. The maximum Gasteiger partial charge on any atom is 2.00 e. The van der Waals surface area contributed by atoms with E-state index < -0.39 is 5.41 Å². The predicted molar refractivity (Wildman–Crippen MR) is 185 cm³/mol. The van der Waals surface area contributed by atoms with E-state index in [1.165, 1.54) is 33.0 Å². The monoisotopic (exact) mass is 788 g/mol. The van der Waals surface area contributed by atoms with Gasteiger partial charge in [0.15, 0.2) is 0 Å². The summed E-state index contributed by atoms with van der Waals surface area (Å²) in [4.78, 5) is 14.6. The van der Waals surface area contributed by atoms with Gasteiger partial charge in [-0.05, 0) is 76.2 Å². The van der Waals surface area contributed by atoms with Gasteiger partial charge in [-0.1, -0.05) is 122 Å². The Hall–Kier alpha value is -5.12. The number of fused-ring (bicyclic) bond motifs is 6. The summed E-state index contributed by atoms with van der Waals surface area (Å²) in [5, 5.41) is 11.4. The molecule has 6 heteroatoms. The van der Waals surface area contributed by atoms with Crippen LogP contribution in [0.1, 0.15) is 40.7 Å². The van der Waals surface area contributed by atoms with Crippen LogP contribution in [0.4, 0.5) is 0 Å². The number of aryl methyl sites for hydroxylation is 1. The molecule has 8 aromatic rings. The Labute approximate surface area is 288 Å². The SMILES string of the molecule is CCc1n[n-]c(-c2cccc(C3(c4ccccn4)c4ccccc4-c4ccccc43)n2)c1C.[Pt+2].c1ccc2c(c1)[n-]c1ccccc12. The molecule has 0 saturated carbocycles. The molecule has 1 aliphatic rings. The van der Waals surface area contributed by atoms with Crippen molar-refractivity contribution >= 4 is 21.8 Å². The average Bonchev–Trinajstić information content (AvgIpc) is 3.79. The Balaban J connectivity index is 0.000000209. The normalized spacial score (nSPS) is 12.6. The fraction of sp³-hybridized carbons (Fsp3) is 0.0976. The van der Waals surface area contributed by atoms with Crippen molar-refractivity contribution in [3.05, 3.63) is 173 Å². The third-order valence-corrected chi connectivity index (χ3v) is 9.11. The maximum atomic E-state index is 5.24. The van der Waals surface area contributed by atoms with Gasteiger partial charge in [-0.2, -0.15) is 0 Å². The van der Waals surface area contributed by atoms with Crippen LogP contribution >= 0.6 is 0 Å². The minimum absolute atomic E-state index is 0. The zero-order chi connectivity index (χ0) is 31.1. The fourth-order valence-corrected chi connectivity index (χ4v) is 6.98. The molecule has 0 aliphatic heterocycles. The van der Waals surface area contributed by atoms with E-state index >= 15 is 0 Å². The van der Waals surface area contributed by atoms with Crippen LogP contribution in [0.3, 0.4) is 0 Å². The van der Waals surface area contributed by atoms with Gasteiger partial charge in [-0.3, -0.25) is 9.97 Å². The van der Waals surface area contributed by atoms with Crippen LogP contribution in [0, 0.1) is 6.92 Å². The Morgan fingerprint density at radius 2 is 1.19 bits per heavy atom. The summed E-state index contributed by atoms with van der Waals surface area (Å²) in [5.41, 5.74) is 12.1. The Kier molecular flexibility index (Phi) is 8.17. The second-order valence-corrected chi connectivity index (χ2v) is 11.6. The van der Waals surface area contributed by atoms with E-state index in [1.54, 1.807) is 0 Å². The molecule has 0 N–H and O–H groups in total. The standard InChI is InChI=1S/C29H23N4.C12H8N.Pt/c1-3-24-19(2)28(33-32-24)25-15-10-17-27(31-25)29(26-16-8-9-18-30-26)22-13-6-4-11-20(22)21-12-5-7-14-23(21)29;1-3-7-11-9(5-1)10-6-2-4-8-12(10)13-11;/h4-18H,3H2,1-2H3;1-8H;/q2*-1;+2. The number of hydrogen-bond acceptors (Lipinski definition) is 3. The largest absolute Gasteiger partial charge is 2.00 e. The Morgan fingerprint density at radius 3 is 1.79 bits per heavy atom. The van der Waals surface area contributed by atoms with Gasteiger partial charge in [-0.15, -0.1) is 11.0 Å². The zero-order valence-electron chi connectivity index (χ0n) is 26.0. The summed E-state index contributed by atoms with van der Waals surface area (Å²) in [5.74, 6) is 0. The van der Waals surface area contributed by atoms with Crippen LogP contribution in [0.15, 0.2) is 140 Å². The molecule has 47 heavy (non-hydrogen) atoms. The zero-order valence-corrected chi connectivity index (χ0v) is 28.3. The second-order valence-electron chi connectivity index (χ2n) is 11.6. The molecule has 4 aromatic carbocycles. The molecule has 0 bridgehead atoms. The number of para-hydroxylation sites is 2. The van der Waals surface area contributed by atoms with Crippen molar-refractivity contribution in [2.24, 2.45) is 0 Å². The maximum absolute atomic E-state index is 5.24. The summed E-state index contributed by atoms with van der Waals surface area (Å²) in [6.45, 7) is 4.18. The first kappa shape index (κ1) is 30.5. The van der Waals surface area contributed by atoms with Gasteiger partial charge in [0.25, 0.3) is 0 Å². The summed E-state index contributed by atoms with van der Waals surface area (Å²) in [6.07, 6.45) is 2.72. The molecule has 230 valence electrons. The van der Waals surface area contributed by atoms with E-state index in [4.69, 9.17) is 9.97 Å². The second kappa shape index (κ2) is 12.6. The number of benzene rings is 4. The van der Waals surface area contributed by atoms with Crippen LogP contribution in [0.2, 0.25) is 0 Å². The molecule has 0 unspecified atom stereocenters. The van der Waals surface area contributed by atoms with Crippen molar-refractivity contribution in [2.45, 2.75) is 25.7 Å². The first-order valence-electron chi connectivity index (χ1n) is 15.7. The van der Waals surface area contributed by atoms with Gasteiger partial charge in [0.2, 0.25) is 0 Å². The summed E-state index contributed by atoms with van der Waals surface area (Å²) < 4.78 is 0. The number of hydrogen-bond donors (Lipinski definition) is 0. The third kappa shape index (κ3) is 4.94. The van der Waals surface area contributed by atoms with Crippen molar-refractivity contribution in [3.63, 3.8) is 0 Å². The number of pyridine rings is 2. The minimum atomic E-state index is -0.605. The van der Waals surface area contributed by atoms with Crippen LogP contribution < -0.4 is 10.1 Å². The van der Waals surface area contributed by atoms with Crippen LogP contribution in [0.5, 0.6) is 0 Å². The first-order chi connectivity index (χ1) is 22.7. The number of rotatable bonds is 4. The predicted octanol–water partition coefficient (Wildman–Crippen LogP) is 8.68. The van der Waals surface area contributed by atoms with Crippen LogP contribution in [-0.2, 0) is 32.9 Å². The smallest absolute Gasteiger partial charge is 0.657 e. The van der Waals surface area contributed by atoms with Gasteiger partial charge >= 0.3 is 21.1 Å². The molecule has 0 amide bonds.